The summed E-state index contributed by atoms with van der Waals surface area (Å²) in [6, 6.07) is 9.16. The average Bonchev–Trinajstić information content (AvgIpc) is 2.28. The second-order valence-corrected chi connectivity index (χ2v) is 4.18. The van der Waals surface area contributed by atoms with E-state index in [-0.39, 0.29) is 17.4 Å². The predicted molar refractivity (Wildman–Crippen MR) is 60.9 cm³/mol. The van der Waals surface area contributed by atoms with E-state index in [0.717, 1.165) is 11.8 Å². The number of benzene rings is 1. The highest BCUT2D eigenvalue weighted by atomic mass is 16.6. The molecule has 0 unspecified atom stereocenters. The molecule has 0 aliphatic carbocycles. The van der Waals surface area contributed by atoms with E-state index in [0.29, 0.717) is 0 Å². The molecule has 1 aromatic carbocycles. The Morgan fingerprint density at radius 2 is 2.00 bits per heavy atom. The van der Waals surface area contributed by atoms with Gasteiger partial charge in [0.05, 0.1) is 5.41 Å². The Morgan fingerprint density at radius 3 is 2.44 bits per heavy atom. The number of nitro groups is 1. The monoisotopic (exact) mass is 221 g/mol. The fourth-order valence-corrected chi connectivity index (χ4v) is 1.68. The molecule has 16 heavy (non-hydrogen) atoms. The zero-order chi connectivity index (χ0) is 12.2. The third-order valence-corrected chi connectivity index (χ3v) is 3.09. The van der Waals surface area contributed by atoms with Gasteiger partial charge in [-0.1, -0.05) is 37.3 Å². The molecule has 0 N–H and O–H groups in total. The van der Waals surface area contributed by atoms with Crippen molar-refractivity contribution in [3.63, 3.8) is 0 Å². The van der Waals surface area contributed by atoms with Gasteiger partial charge in [0.15, 0.2) is 0 Å². The summed E-state index contributed by atoms with van der Waals surface area (Å²) in [5.74, 6) is -0.331. The van der Waals surface area contributed by atoms with E-state index in [1.807, 2.05) is 30.3 Å². The quantitative estimate of drug-likeness (QED) is 0.434. The molecule has 0 bridgehead atoms. The van der Waals surface area contributed by atoms with Crippen LogP contribution < -0.4 is 0 Å². The number of nitrogens with zero attached hydrogens (tertiary/aromatic N) is 1. The molecule has 4 heteroatoms. The van der Waals surface area contributed by atoms with Gasteiger partial charge in [0.25, 0.3) is 0 Å². The lowest BCUT2D eigenvalue weighted by molar-refractivity contribution is -0.489. The Hall–Kier alpha value is -1.71. The minimum atomic E-state index is -0.797. The van der Waals surface area contributed by atoms with E-state index >= 15 is 0 Å². The summed E-state index contributed by atoms with van der Waals surface area (Å²) in [4.78, 5) is 21.3. The molecule has 4 nitrogen and oxygen atoms in total. The lowest BCUT2D eigenvalue weighted by Gasteiger charge is -2.28. The predicted octanol–water partition coefficient (Wildman–Crippen LogP) is 2.06. The topological polar surface area (TPSA) is 60.2 Å². The molecule has 0 saturated carbocycles. The van der Waals surface area contributed by atoms with Crippen molar-refractivity contribution >= 4 is 6.29 Å². The lowest BCUT2D eigenvalue weighted by atomic mass is 9.74. The molecule has 0 aliphatic rings. The molecule has 0 aromatic heterocycles. The van der Waals surface area contributed by atoms with Gasteiger partial charge in [-0.15, -0.1) is 0 Å². The second kappa shape index (κ2) is 4.88. The Labute approximate surface area is 94.4 Å². The van der Waals surface area contributed by atoms with Crippen LogP contribution in [0.2, 0.25) is 0 Å². The molecule has 0 spiro atoms. The van der Waals surface area contributed by atoms with E-state index in [1.54, 1.807) is 13.8 Å². The van der Waals surface area contributed by atoms with Crippen molar-refractivity contribution in [3.8, 4) is 0 Å². The van der Waals surface area contributed by atoms with E-state index in [4.69, 9.17) is 0 Å². The van der Waals surface area contributed by atoms with E-state index in [9.17, 15) is 14.9 Å². The molecule has 0 radical (unpaired) electrons. The first-order valence-corrected chi connectivity index (χ1v) is 5.14. The smallest absolute Gasteiger partial charge is 0.207 e. The molecule has 2 atom stereocenters. The molecule has 1 aromatic rings. The molecule has 1 rings (SSSR count). The highest BCUT2D eigenvalue weighted by molar-refractivity contribution is 5.68. The third-order valence-electron chi connectivity index (χ3n) is 3.09. The molecule has 0 amide bonds. The van der Waals surface area contributed by atoms with Gasteiger partial charge in [-0.25, -0.2) is 0 Å². The number of aldehydes is 1. The molecule has 0 aliphatic heterocycles. The van der Waals surface area contributed by atoms with Crippen molar-refractivity contribution < 1.29 is 9.72 Å². The maximum Gasteiger partial charge on any atom is 0.207 e. The van der Waals surface area contributed by atoms with Gasteiger partial charge in [0, 0.05) is 10.8 Å². The maximum atomic E-state index is 11.2. The first-order chi connectivity index (χ1) is 7.50. The van der Waals surface area contributed by atoms with Gasteiger partial charge in [-0.05, 0) is 12.5 Å². The van der Waals surface area contributed by atoms with Crippen molar-refractivity contribution in [2.24, 2.45) is 5.92 Å². The second-order valence-electron chi connectivity index (χ2n) is 4.18. The SMILES string of the molecule is C[C@@H](C[N+](=O)[O-])[C@](C)(C=O)c1ccccc1. The minimum absolute atomic E-state index is 0.204. The Balaban J connectivity index is 3.02. The van der Waals surface area contributed by atoms with Gasteiger partial charge in [0.2, 0.25) is 6.54 Å². The number of carbonyl (C=O) groups excluding carboxylic acids is 1. The molecule has 0 heterocycles. The normalized spacial score (nSPS) is 16.1. The van der Waals surface area contributed by atoms with E-state index in [1.165, 1.54) is 0 Å². The van der Waals surface area contributed by atoms with Crippen LogP contribution in [0.25, 0.3) is 0 Å². The summed E-state index contributed by atoms with van der Waals surface area (Å²) in [7, 11) is 0. The fourth-order valence-electron chi connectivity index (χ4n) is 1.68. The maximum absolute atomic E-state index is 11.2. The number of rotatable bonds is 5. The van der Waals surface area contributed by atoms with Crippen molar-refractivity contribution in [1.82, 2.24) is 0 Å². The molecular formula is C12H15NO3. The summed E-state index contributed by atoms with van der Waals surface area (Å²) >= 11 is 0. The van der Waals surface area contributed by atoms with Gasteiger partial charge in [0.1, 0.15) is 6.29 Å². The van der Waals surface area contributed by atoms with Gasteiger partial charge in [-0.3, -0.25) is 10.1 Å². The van der Waals surface area contributed by atoms with Crippen molar-refractivity contribution in [3.05, 3.63) is 46.0 Å². The van der Waals surface area contributed by atoms with Crippen LogP contribution in [0.15, 0.2) is 30.3 Å². The summed E-state index contributed by atoms with van der Waals surface area (Å²) in [5.41, 5.74) is 0.0216. The van der Waals surface area contributed by atoms with Crippen LogP contribution in [-0.4, -0.2) is 17.8 Å². The van der Waals surface area contributed by atoms with Crippen LogP contribution in [0, 0.1) is 16.0 Å². The van der Waals surface area contributed by atoms with Gasteiger partial charge in [-0.2, -0.15) is 0 Å². The highest BCUT2D eigenvalue weighted by Crippen LogP contribution is 2.29. The van der Waals surface area contributed by atoms with Crippen LogP contribution in [0.4, 0.5) is 0 Å². The molecule has 86 valence electrons. The fraction of sp³-hybridized carbons (Fsp3) is 0.417. The van der Waals surface area contributed by atoms with Crippen LogP contribution in [0.1, 0.15) is 19.4 Å². The highest BCUT2D eigenvalue weighted by Gasteiger charge is 2.35. The molecular weight excluding hydrogens is 206 g/mol. The average molecular weight is 221 g/mol. The zero-order valence-corrected chi connectivity index (χ0v) is 9.42. The van der Waals surface area contributed by atoms with Crippen LogP contribution >= 0.6 is 0 Å². The van der Waals surface area contributed by atoms with Crippen LogP contribution in [0.3, 0.4) is 0 Å². The van der Waals surface area contributed by atoms with Gasteiger partial charge < -0.3 is 4.79 Å². The Morgan fingerprint density at radius 1 is 1.44 bits per heavy atom. The molecule has 0 fully saturated rings. The summed E-state index contributed by atoms with van der Waals surface area (Å²) in [6.45, 7) is 3.26. The number of hydrogen-bond acceptors (Lipinski definition) is 3. The Bertz CT molecular complexity index is 377. The zero-order valence-electron chi connectivity index (χ0n) is 9.42. The number of hydrogen-bond donors (Lipinski definition) is 0. The first-order valence-electron chi connectivity index (χ1n) is 5.14. The Kier molecular flexibility index (Phi) is 3.77. The summed E-state index contributed by atoms with van der Waals surface area (Å²) < 4.78 is 0. The van der Waals surface area contributed by atoms with Crippen molar-refractivity contribution in [2.75, 3.05) is 6.54 Å². The van der Waals surface area contributed by atoms with Gasteiger partial charge >= 0.3 is 0 Å². The van der Waals surface area contributed by atoms with Crippen molar-refractivity contribution in [2.45, 2.75) is 19.3 Å². The summed E-state index contributed by atoms with van der Waals surface area (Å²) in [6.07, 6.45) is 0.802. The van der Waals surface area contributed by atoms with Crippen LogP contribution in [0.5, 0.6) is 0 Å². The lowest BCUT2D eigenvalue weighted by Crippen LogP contribution is -2.36. The summed E-state index contributed by atoms with van der Waals surface area (Å²) in [5, 5.41) is 10.5. The number of carbonyl (C=O) groups is 1. The largest absolute Gasteiger partial charge is 0.302 e. The third kappa shape index (κ3) is 2.45. The molecule has 0 saturated heterocycles. The van der Waals surface area contributed by atoms with E-state index < -0.39 is 5.41 Å². The minimum Gasteiger partial charge on any atom is -0.302 e. The first kappa shape index (κ1) is 12.4. The van der Waals surface area contributed by atoms with Crippen molar-refractivity contribution in [1.29, 1.82) is 0 Å². The standard InChI is InChI=1S/C12H15NO3/c1-10(8-13(15)16)12(2,9-14)11-6-4-3-5-7-11/h3-7,9-10H,8H2,1-2H3/t10-,12-/m0/s1. The van der Waals surface area contributed by atoms with Crippen LogP contribution in [-0.2, 0) is 10.2 Å². The van der Waals surface area contributed by atoms with E-state index in [2.05, 4.69) is 0 Å².